The molecule has 0 radical (unpaired) electrons. The molecular weight excluding hydrogens is 444 g/mol. The van der Waals surface area contributed by atoms with Crippen LogP contribution in [0.5, 0.6) is 17.2 Å². The molecular formula is C28H30N2O5. The summed E-state index contributed by atoms with van der Waals surface area (Å²) in [6.45, 7) is 3.48. The molecule has 0 aliphatic carbocycles. The van der Waals surface area contributed by atoms with Gasteiger partial charge in [-0.15, -0.1) is 0 Å². The summed E-state index contributed by atoms with van der Waals surface area (Å²) >= 11 is 0. The van der Waals surface area contributed by atoms with E-state index < -0.39 is 0 Å². The van der Waals surface area contributed by atoms with Crippen LogP contribution >= 0.6 is 0 Å². The third kappa shape index (κ3) is 6.99. The second-order valence-corrected chi connectivity index (χ2v) is 8.34. The Balaban J connectivity index is 1.27. The number of ether oxygens (including phenoxy) is 3. The number of nitrogens with one attached hydrogen (secondary N) is 1. The Kier molecular flexibility index (Phi) is 8.22. The van der Waals surface area contributed by atoms with Gasteiger partial charge in [-0.3, -0.25) is 9.59 Å². The average molecular weight is 475 g/mol. The summed E-state index contributed by atoms with van der Waals surface area (Å²) in [5.41, 5.74) is 2.45. The maximum atomic E-state index is 12.5. The molecule has 1 aliphatic rings. The van der Waals surface area contributed by atoms with Crippen LogP contribution in [-0.4, -0.2) is 38.2 Å². The molecule has 0 saturated heterocycles. The van der Waals surface area contributed by atoms with Crippen molar-refractivity contribution in [1.82, 2.24) is 0 Å². The van der Waals surface area contributed by atoms with Crippen LogP contribution in [0.2, 0.25) is 0 Å². The number of carbonyl (C=O) groups is 2. The molecule has 0 saturated carbocycles. The third-order valence-corrected chi connectivity index (χ3v) is 5.56. The number of rotatable bonds is 11. The Bertz CT molecular complexity index is 1130. The Morgan fingerprint density at radius 2 is 1.66 bits per heavy atom. The molecule has 4 rings (SSSR count). The fraction of sp³-hybridized carbons (Fsp3) is 0.286. The second kappa shape index (κ2) is 11.9. The number of fused-ring (bicyclic) bond motifs is 1. The molecule has 0 bridgehead atoms. The predicted octanol–water partition coefficient (Wildman–Crippen LogP) is 4.99. The molecule has 0 fully saturated rings. The minimum absolute atomic E-state index is 0.00105. The third-order valence-electron chi connectivity index (χ3n) is 5.56. The van der Waals surface area contributed by atoms with E-state index in [-0.39, 0.29) is 18.4 Å². The molecule has 1 N–H and O–H groups in total. The number of amides is 2. The van der Waals surface area contributed by atoms with Crippen molar-refractivity contribution in [3.8, 4) is 17.2 Å². The van der Waals surface area contributed by atoms with Crippen molar-refractivity contribution in [1.29, 1.82) is 0 Å². The van der Waals surface area contributed by atoms with Crippen LogP contribution in [0.15, 0.2) is 72.8 Å². The summed E-state index contributed by atoms with van der Waals surface area (Å²) in [6, 6.07) is 22.8. The normalized spacial score (nSPS) is 12.5. The van der Waals surface area contributed by atoms with Crippen LogP contribution in [0.25, 0.3) is 0 Å². The van der Waals surface area contributed by atoms with E-state index >= 15 is 0 Å². The number of para-hydroxylation sites is 1. The first kappa shape index (κ1) is 24.1. The first-order valence-corrected chi connectivity index (χ1v) is 11.8. The fourth-order valence-corrected chi connectivity index (χ4v) is 3.74. The van der Waals surface area contributed by atoms with Gasteiger partial charge in [-0.1, -0.05) is 35.9 Å². The van der Waals surface area contributed by atoms with Gasteiger partial charge in [0.05, 0.1) is 18.9 Å². The van der Waals surface area contributed by atoms with E-state index in [1.807, 2.05) is 61.5 Å². The van der Waals surface area contributed by atoms with Crippen molar-refractivity contribution < 1.29 is 23.8 Å². The van der Waals surface area contributed by atoms with Gasteiger partial charge >= 0.3 is 0 Å². The van der Waals surface area contributed by atoms with Gasteiger partial charge in [0.2, 0.25) is 5.91 Å². The van der Waals surface area contributed by atoms with Crippen LogP contribution in [0.1, 0.15) is 24.8 Å². The number of hydrogen-bond donors (Lipinski definition) is 1. The van der Waals surface area contributed by atoms with Crippen LogP contribution in [0.4, 0.5) is 11.4 Å². The van der Waals surface area contributed by atoms with Gasteiger partial charge in [0, 0.05) is 18.7 Å². The van der Waals surface area contributed by atoms with Gasteiger partial charge in [-0.2, -0.15) is 0 Å². The monoisotopic (exact) mass is 474 g/mol. The van der Waals surface area contributed by atoms with Crippen molar-refractivity contribution >= 4 is 23.2 Å². The number of hydrogen-bond acceptors (Lipinski definition) is 5. The zero-order chi connectivity index (χ0) is 24.5. The highest BCUT2D eigenvalue weighted by Crippen LogP contribution is 2.34. The van der Waals surface area contributed by atoms with E-state index in [1.54, 1.807) is 23.1 Å². The lowest BCUT2D eigenvalue weighted by molar-refractivity contribution is -0.121. The lowest BCUT2D eigenvalue weighted by Crippen LogP contribution is -2.39. The number of benzene rings is 3. The van der Waals surface area contributed by atoms with Crippen LogP contribution < -0.4 is 24.4 Å². The molecule has 7 heteroatoms. The molecule has 7 nitrogen and oxygen atoms in total. The van der Waals surface area contributed by atoms with Gasteiger partial charge in [0.15, 0.2) is 6.61 Å². The minimum atomic E-state index is -0.116. The minimum Gasteiger partial charge on any atom is -0.494 e. The summed E-state index contributed by atoms with van der Waals surface area (Å²) in [7, 11) is 0. The van der Waals surface area contributed by atoms with Gasteiger partial charge in [0.25, 0.3) is 5.91 Å². The largest absolute Gasteiger partial charge is 0.494 e. The summed E-state index contributed by atoms with van der Waals surface area (Å²) < 4.78 is 17.0. The topological polar surface area (TPSA) is 77.1 Å². The number of aryl methyl sites for hydroxylation is 1. The lowest BCUT2D eigenvalue weighted by atomic mass is 10.2. The Labute approximate surface area is 205 Å². The number of carbonyl (C=O) groups excluding carboxylic acids is 2. The van der Waals surface area contributed by atoms with Crippen LogP contribution in [-0.2, 0) is 9.59 Å². The first-order chi connectivity index (χ1) is 17.1. The molecule has 35 heavy (non-hydrogen) atoms. The van der Waals surface area contributed by atoms with Crippen molar-refractivity contribution in [3.63, 3.8) is 0 Å². The maximum Gasteiger partial charge on any atom is 0.265 e. The lowest BCUT2D eigenvalue weighted by Gasteiger charge is -2.30. The fourth-order valence-electron chi connectivity index (χ4n) is 3.74. The Hall–Kier alpha value is -4.00. The zero-order valence-corrected chi connectivity index (χ0v) is 19.9. The van der Waals surface area contributed by atoms with Gasteiger partial charge < -0.3 is 24.4 Å². The number of anilines is 2. The molecule has 0 atom stereocenters. The van der Waals surface area contributed by atoms with E-state index in [2.05, 4.69) is 5.32 Å². The highest BCUT2D eigenvalue weighted by atomic mass is 16.5. The van der Waals surface area contributed by atoms with Crippen molar-refractivity contribution in [2.45, 2.75) is 26.2 Å². The molecule has 2 amide bonds. The molecule has 1 aliphatic heterocycles. The molecule has 3 aromatic rings. The SMILES string of the molecule is Cc1ccc(OCCCN2C(=O)COc3ccc(NC(=O)CCCOc4ccccc4)cc32)cc1. The molecule has 3 aromatic carbocycles. The van der Waals surface area contributed by atoms with E-state index in [0.717, 1.165) is 11.5 Å². The summed E-state index contributed by atoms with van der Waals surface area (Å²) in [6.07, 6.45) is 1.59. The maximum absolute atomic E-state index is 12.5. The number of nitrogens with zero attached hydrogens (tertiary/aromatic N) is 1. The second-order valence-electron chi connectivity index (χ2n) is 8.34. The van der Waals surface area contributed by atoms with E-state index in [9.17, 15) is 9.59 Å². The van der Waals surface area contributed by atoms with Crippen molar-refractivity contribution in [2.24, 2.45) is 0 Å². The molecule has 182 valence electrons. The van der Waals surface area contributed by atoms with E-state index in [0.29, 0.717) is 56.1 Å². The van der Waals surface area contributed by atoms with E-state index in [4.69, 9.17) is 14.2 Å². The Morgan fingerprint density at radius 1 is 0.943 bits per heavy atom. The van der Waals surface area contributed by atoms with Crippen LogP contribution in [0, 0.1) is 6.92 Å². The predicted molar refractivity (Wildman–Crippen MR) is 135 cm³/mol. The first-order valence-electron chi connectivity index (χ1n) is 11.8. The standard InChI is InChI=1S/C28H30N2O5/c1-21-10-13-24(14-11-21)34-18-6-16-30-25-19-22(12-15-26(25)35-20-28(30)32)29-27(31)9-5-17-33-23-7-3-2-4-8-23/h2-4,7-8,10-15,19H,5-6,9,16-18,20H2,1H3,(H,29,31). The summed E-state index contributed by atoms with van der Waals surface area (Å²) in [5, 5.41) is 2.91. The Morgan fingerprint density at radius 3 is 2.43 bits per heavy atom. The average Bonchev–Trinajstić information content (AvgIpc) is 2.87. The molecule has 0 unspecified atom stereocenters. The summed E-state index contributed by atoms with van der Waals surface area (Å²) in [4.78, 5) is 26.6. The highest BCUT2D eigenvalue weighted by Gasteiger charge is 2.25. The van der Waals surface area contributed by atoms with Gasteiger partial charge in [0.1, 0.15) is 17.2 Å². The summed E-state index contributed by atoms with van der Waals surface area (Å²) in [5.74, 6) is 2.00. The zero-order valence-electron chi connectivity index (χ0n) is 19.9. The molecule has 0 aromatic heterocycles. The van der Waals surface area contributed by atoms with Crippen LogP contribution in [0.3, 0.4) is 0 Å². The van der Waals surface area contributed by atoms with E-state index in [1.165, 1.54) is 5.56 Å². The van der Waals surface area contributed by atoms with Gasteiger partial charge in [-0.25, -0.2) is 0 Å². The smallest absolute Gasteiger partial charge is 0.265 e. The van der Waals surface area contributed by atoms with Crippen molar-refractivity contribution in [2.75, 3.05) is 36.6 Å². The van der Waals surface area contributed by atoms with Gasteiger partial charge in [-0.05, 0) is 62.2 Å². The highest BCUT2D eigenvalue weighted by molar-refractivity contribution is 5.99. The molecule has 1 heterocycles. The quantitative estimate of drug-likeness (QED) is 0.396. The molecule has 0 spiro atoms. The van der Waals surface area contributed by atoms with Crippen molar-refractivity contribution in [3.05, 3.63) is 78.4 Å².